The standard InChI is InChI=1S/C15H19NO5.C9H10O4.C6H11NO2.ClH/c1-19-10-21-13-8-4-3-6-11(13)14(17)16-9-5-7-12(16)15(18)20-2;1-12-6-13-8-5-3-2-4-7(8)9(10)11;1-9-6(8)5-3-2-4-7-5;/h3-4,6,8,12H,5,7,9-10H2,1-2H3;2-5H,6H2,1H3,(H,10,11);5,7H,2-4H2,1H3;1H/t12-;;5-;/m0.0./s1. The summed E-state index contributed by atoms with van der Waals surface area (Å²) in [6, 6.07) is 12.8. The van der Waals surface area contributed by atoms with E-state index in [-0.39, 0.29) is 55.4 Å². The summed E-state index contributed by atoms with van der Waals surface area (Å²) < 4.78 is 29.3. The third-order valence-electron chi connectivity index (χ3n) is 6.43. The van der Waals surface area contributed by atoms with Gasteiger partial charge in [0, 0.05) is 20.8 Å². The molecule has 0 unspecified atom stereocenters. The number of nitrogens with zero attached hydrogens (tertiary/aromatic N) is 1. The number of methoxy groups -OCH3 is 4. The van der Waals surface area contributed by atoms with E-state index < -0.39 is 12.0 Å². The molecule has 2 aliphatic rings. The molecule has 2 atom stereocenters. The third-order valence-corrected chi connectivity index (χ3v) is 6.43. The molecule has 0 aliphatic carbocycles. The predicted molar refractivity (Wildman–Crippen MR) is 161 cm³/mol. The minimum absolute atomic E-state index is 0. The van der Waals surface area contributed by atoms with E-state index in [9.17, 15) is 19.2 Å². The number of benzene rings is 2. The van der Waals surface area contributed by atoms with Gasteiger partial charge in [-0.05, 0) is 56.5 Å². The molecule has 4 rings (SSSR count). The Balaban J connectivity index is 0.000000359. The van der Waals surface area contributed by atoms with Crippen LogP contribution in [-0.4, -0.2) is 101 Å². The second kappa shape index (κ2) is 20.9. The number of esters is 2. The monoisotopic (exact) mass is 640 g/mol. The highest BCUT2D eigenvalue weighted by Gasteiger charge is 2.36. The van der Waals surface area contributed by atoms with E-state index in [2.05, 4.69) is 14.8 Å². The smallest absolute Gasteiger partial charge is 0.339 e. The molecule has 0 radical (unpaired) electrons. The largest absolute Gasteiger partial charge is 0.478 e. The van der Waals surface area contributed by atoms with Crippen LogP contribution in [0.5, 0.6) is 11.5 Å². The van der Waals surface area contributed by atoms with Gasteiger partial charge in [0.25, 0.3) is 5.91 Å². The summed E-state index contributed by atoms with van der Waals surface area (Å²) in [5.41, 5.74) is 0.560. The van der Waals surface area contributed by atoms with Crippen LogP contribution in [-0.2, 0) is 28.5 Å². The first kappa shape index (κ1) is 38.1. The maximum absolute atomic E-state index is 12.7. The van der Waals surface area contributed by atoms with E-state index in [4.69, 9.17) is 24.1 Å². The molecule has 244 valence electrons. The number of hydrogen-bond donors (Lipinski definition) is 2. The first-order valence-corrected chi connectivity index (χ1v) is 13.6. The molecule has 0 bridgehead atoms. The number of rotatable bonds is 10. The van der Waals surface area contributed by atoms with Gasteiger partial charge in [-0.3, -0.25) is 9.59 Å². The Morgan fingerprint density at radius 1 is 0.795 bits per heavy atom. The van der Waals surface area contributed by atoms with Crippen molar-refractivity contribution in [2.24, 2.45) is 0 Å². The van der Waals surface area contributed by atoms with Crippen LogP contribution < -0.4 is 14.8 Å². The summed E-state index contributed by atoms with van der Waals surface area (Å²) in [5, 5.41) is 11.8. The molecular formula is C30H41ClN2O11. The number of nitrogens with one attached hydrogen (secondary N) is 1. The van der Waals surface area contributed by atoms with Crippen LogP contribution in [0.15, 0.2) is 48.5 Å². The second-order valence-corrected chi connectivity index (χ2v) is 9.25. The molecule has 0 aromatic heterocycles. The molecule has 2 N–H and O–H groups in total. The topological polar surface area (TPSA) is 159 Å². The van der Waals surface area contributed by atoms with E-state index in [0.29, 0.717) is 30.0 Å². The van der Waals surface area contributed by atoms with Crippen LogP contribution >= 0.6 is 12.4 Å². The quantitative estimate of drug-likeness (QED) is 0.289. The fourth-order valence-corrected chi connectivity index (χ4v) is 4.36. The molecule has 2 aromatic rings. The van der Waals surface area contributed by atoms with Gasteiger partial charge in [-0.15, -0.1) is 12.4 Å². The van der Waals surface area contributed by atoms with Crippen molar-refractivity contribution >= 4 is 36.2 Å². The molecule has 2 heterocycles. The first-order valence-electron chi connectivity index (χ1n) is 13.6. The van der Waals surface area contributed by atoms with Crippen molar-refractivity contribution in [3.63, 3.8) is 0 Å². The van der Waals surface area contributed by atoms with Crippen LogP contribution in [0.2, 0.25) is 0 Å². The van der Waals surface area contributed by atoms with Crippen LogP contribution in [0.4, 0.5) is 0 Å². The van der Waals surface area contributed by atoms with Gasteiger partial charge in [-0.1, -0.05) is 24.3 Å². The van der Waals surface area contributed by atoms with Gasteiger partial charge in [0.05, 0.1) is 19.8 Å². The molecule has 2 aliphatic heterocycles. The molecular weight excluding hydrogens is 600 g/mol. The summed E-state index contributed by atoms with van der Waals surface area (Å²) >= 11 is 0. The number of amides is 1. The number of ether oxygens (including phenoxy) is 6. The lowest BCUT2D eigenvalue weighted by Crippen LogP contribution is -2.41. The number of carboxylic acid groups (broad SMARTS) is 1. The zero-order chi connectivity index (χ0) is 31.6. The number of carbonyl (C=O) groups excluding carboxylic acids is 3. The highest BCUT2D eigenvalue weighted by molar-refractivity contribution is 5.99. The highest BCUT2D eigenvalue weighted by atomic mass is 35.5. The first-order chi connectivity index (χ1) is 20.8. The van der Waals surface area contributed by atoms with Crippen molar-refractivity contribution < 1.29 is 52.7 Å². The molecule has 0 spiro atoms. The van der Waals surface area contributed by atoms with Gasteiger partial charge in [-0.25, -0.2) is 9.59 Å². The lowest BCUT2D eigenvalue weighted by molar-refractivity contribution is -0.145. The fraction of sp³-hybridized carbons (Fsp3) is 0.467. The highest BCUT2D eigenvalue weighted by Crippen LogP contribution is 2.26. The maximum atomic E-state index is 12.7. The second-order valence-electron chi connectivity index (χ2n) is 9.25. The van der Waals surface area contributed by atoms with Crippen molar-refractivity contribution in [1.82, 2.24) is 10.2 Å². The fourth-order valence-electron chi connectivity index (χ4n) is 4.36. The Labute approximate surface area is 263 Å². The maximum Gasteiger partial charge on any atom is 0.339 e. The lowest BCUT2D eigenvalue weighted by atomic mass is 10.1. The molecule has 0 saturated carbocycles. The van der Waals surface area contributed by atoms with Crippen LogP contribution in [0.3, 0.4) is 0 Å². The lowest BCUT2D eigenvalue weighted by Gasteiger charge is -2.23. The van der Waals surface area contributed by atoms with E-state index in [1.54, 1.807) is 47.4 Å². The Bertz CT molecular complexity index is 1190. The molecule has 2 fully saturated rings. The summed E-state index contributed by atoms with van der Waals surface area (Å²) in [6.45, 7) is 1.59. The van der Waals surface area contributed by atoms with E-state index in [1.807, 2.05) is 0 Å². The minimum Gasteiger partial charge on any atom is -0.478 e. The van der Waals surface area contributed by atoms with Gasteiger partial charge in [-0.2, -0.15) is 0 Å². The molecule has 2 saturated heterocycles. The van der Waals surface area contributed by atoms with Gasteiger partial charge >= 0.3 is 17.9 Å². The Morgan fingerprint density at radius 2 is 1.34 bits per heavy atom. The van der Waals surface area contributed by atoms with Crippen LogP contribution in [0.25, 0.3) is 0 Å². The van der Waals surface area contributed by atoms with Crippen molar-refractivity contribution in [3.05, 3.63) is 59.7 Å². The Kier molecular flexibility index (Phi) is 18.1. The summed E-state index contributed by atoms with van der Waals surface area (Å²) in [7, 11) is 5.74. The summed E-state index contributed by atoms with van der Waals surface area (Å²) in [6.07, 6.45) is 3.42. The van der Waals surface area contributed by atoms with Crippen LogP contribution in [0, 0.1) is 0 Å². The van der Waals surface area contributed by atoms with E-state index >= 15 is 0 Å². The third kappa shape index (κ3) is 11.6. The number of aromatic carboxylic acids is 1. The summed E-state index contributed by atoms with van der Waals surface area (Å²) in [4.78, 5) is 47.3. The van der Waals surface area contributed by atoms with Gasteiger partial charge in [0.2, 0.25) is 0 Å². The number of carbonyl (C=O) groups is 4. The zero-order valence-corrected chi connectivity index (χ0v) is 26.1. The normalized spacial score (nSPS) is 16.6. The van der Waals surface area contributed by atoms with Crippen molar-refractivity contribution in [2.45, 2.75) is 37.8 Å². The van der Waals surface area contributed by atoms with Crippen molar-refractivity contribution in [3.8, 4) is 11.5 Å². The van der Waals surface area contributed by atoms with Crippen molar-refractivity contribution in [2.75, 3.05) is 55.1 Å². The van der Waals surface area contributed by atoms with Gasteiger partial charge in [0.1, 0.15) is 29.1 Å². The minimum atomic E-state index is -1.01. The average molecular weight is 641 g/mol. The molecule has 13 nitrogen and oxygen atoms in total. The molecule has 1 amide bonds. The van der Waals surface area contributed by atoms with E-state index in [1.165, 1.54) is 34.5 Å². The van der Waals surface area contributed by atoms with Crippen molar-refractivity contribution in [1.29, 1.82) is 0 Å². The number of hydrogen-bond acceptors (Lipinski definition) is 11. The van der Waals surface area contributed by atoms with Crippen LogP contribution in [0.1, 0.15) is 46.4 Å². The summed E-state index contributed by atoms with van der Waals surface area (Å²) in [5.74, 6) is -0.985. The van der Waals surface area contributed by atoms with Gasteiger partial charge < -0.3 is 43.7 Å². The Hall–Kier alpha value is -3.91. The zero-order valence-electron chi connectivity index (χ0n) is 25.3. The SMILES string of the molecule is COC(=O)[C@@H]1CCCN1.COCOc1ccccc1C(=O)N1CCC[C@H]1C(=O)OC.COCOc1ccccc1C(=O)O.Cl. The molecule has 44 heavy (non-hydrogen) atoms. The predicted octanol–water partition coefficient (Wildman–Crippen LogP) is 3.15. The number of carboxylic acids is 1. The number of likely N-dealkylation sites (tertiary alicyclic amines) is 1. The van der Waals surface area contributed by atoms with E-state index in [0.717, 1.165) is 25.8 Å². The number of halogens is 1. The number of para-hydroxylation sites is 2. The van der Waals surface area contributed by atoms with Gasteiger partial charge in [0.15, 0.2) is 13.6 Å². The molecule has 14 heteroatoms. The molecule has 2 aromatic carbocycles. The Morgan fingerprint density at radius 3 is 1.84 bits per heavy atom. The average Bonchev–Trinajstić information content (AvgIpc) is 3.76.